The summed E-state index contributed by atoms with van der Waals surface area (Å²) in [6, 6.07) is 91.1. The van der Waals surface area contributed by atoms with E-state index >= 15 is 0 Å². The summed E-state index contributed by atoms with van der Waals surface area (Å²) in [5.74, 6) is -0.813. The van der Waals surface area contributed by atoms with Gasteiger partial charge >= 0.3 is 74.9 Å². The van der Waals surface area contributed by atoms with Crippen LogP contribution in [0.1, 0.15) is 37.5 Å². The molecule has 0 radical (unpaired) electrons. The van der Waals surface area contributed by atoms with Crippen LogP contribution in [0.4, 0.5) is 0 Å². The van der Waals surface area contributed by atoms with Crippen molar-refractivity contribution in [2.75, 3.05) is 14.2 Å². The van der Waals surface area contributed by atoms with Crippen molar-refractivity contribution in [2.45, 2.75) is 6.42 Å². The number of rotatable bonds is 10. The molecule has 14 heteroatoms. The van der Waals surface area contributed by atoms with Gasteiger partial charge in [-0.25, -0.2) is 14.6 Å². The van der Waals surface area contributed by atoms with E-state index in [9.17, 15) is 9.59 Å². The third-order valence-electron chi connectivity index (χ3n) is 10.6. The summed E-state index contributed by atoms with van der Waals surface area (Å²) < 4.78 is 9.19. The van der Waals surface area contributed by atoms with Gasteiger partial charge in [0.2, 0.25) is 0 Å². The van der Waals surface area contributed by atoms with Crippen LogP contribution < -0.4 is 31.8 Å². The van der Waals surface area contributed by atoms with Gasteiger partial charge in [-0.1, -0.05) is 230 Å². The Hall–Kier alpha value is -5.80. The van der Waals surface area contributed by atoms with E-state index in [0.29, 0.717) is 24.6 Å². The van der Waals surface area contributed by atoms with Gasteiger partial charge in [0.05, 0.1) is 31.0 Å². The minimum absolute atomic E-state index is 0.166. The van der Waals surface area contributed by atoms with Crippen molar-refractivity contribution in [3.8, 4) is 0 Å². The fourth-order valence-corrected chi connectivity index (χ4v) is 12.0. The number of ether oxygens (including phenoxy) is 2. The van der Waals surface area contributed by atoms with E-state index in [0.717, 1.165) is 16.8 Å². The van der Waals surface area contributed by atoms with Crippen molar-refractivity contribution in [1.82, 2.24) is 9.97 Å². The fraction of sp³-hybridized carbons (Fsp3) is 0.0469. The Morgan fingerprint density at radius 1 is 0.449 bits per heavy atom. The first-order valence-electron chi connectivity index (χ1n) is 23.9. The number of carbonyl (C=O) groups excluding carboxylic acids is 2. The van der Waals surface area contributed by atoms with E-state index in [-0.39, 0.29) is 16.7 Å². The second kappa shape index (κ2) is 39.5. The summed E-state index contributed by atoms with van der Waals surface area (Å²) in [6.07, 6.45) is 3.82. The normalized spacial score (nSPS) is 9.77. The van der Waals surface area contributed by atoms with Crippen LogP contribution in [0, 0.1) is 6.92 Å². The van der Waals surface area contributed by atoms with Crippen LogP contribution >= 0.6 is 61.5 Å². The first-order chi connectivity index (χ1) is 38.3. The SMILES string of the molecule is COC(=O)c1cccnc1Cc1ccccc1.COC(=O)c1cccnc1Cl.[CH2-]c1ccccc1.[Cl][Ni][Cl].[Zn+][Br].c1ccc(P(c2ccccc2)c2ccccc2)cc1.c1ccc(P(c2ccccc2)c2ccccc2)cc1. The Morgan fingerprint density at radius 2 is 0.718 bits per heavy atom. The van der Waals surface area contributed by atoms with Crippen molar-refractivity contribution in [1.29, 1.82) is 0 Å². The Labute approximate surface area is 498 Å². The molecule has 396 valence electrons. The molecule has 10 aromatic rings. The number of methoxy groups -OCH3 is 2. The Balaban J connectivity index is 0.000000212. The molecule has 0 amide bonds. The first kappa shape index (κ1) is 64.7. The van der Waals surface area contributed by atoms with Gasteiger partial charge in [-0.15, -0.1) is 12.1 Å². The van der Waals surface area contributed by atoms with Crippen LogP contribution in [0.3, 0.4) is 0 Å². The first-order valence-corrected chi connectivity index (χ1v) is 36.6. The molecule has 2 aromatic heterocycles. The van der Waals surface area contributed by atoms with E-state index in [1.165, 1.54) is 68.6 Å². The number of aromatic nitrogens is 2. The third kappa shape index (κ3) is 23.3. The van der Waals surface area contributed by atoms with E-state index in [2.05, 4.69) is 217 Å². The largest absolute Gasteiger partial charge is 0.0622 e. The Kier molecular flexibility index (Phi) is 32.8. The minimum Gasteiger partial charge on any atom is -0.0622 e. The van der Waals surface area contributed by atoms with E-state index in [1.807, 2.05) is 60.7 Å². The minimum atomic E-state index is -0.469. The van der Waals surface area contributed by atoms with Gasteiger partial charge in [-0.2, -0.15) is 24.6 Å². The number of esters is 2. The molecule has 0 saturated heterocycles. The maximum Gasteiger partial charge on any atom is -0.0134 e. The van der Waals surface area contributed by atoms with Crippen molar-refractivity contribution in [3.63, 3.8) is 0 Å². The van der Waals surface area contributed by atoms with Gasteiger partial charge in [0.15, 0.2) is 0 Å². The molecule has 0 aliphatic carbocycles. The standard InChI is InChI=1S/2C18H15P.C14H13NO2.C7H6ClNO2.C7H7.BrH.2ClH.Ni.Zn/c2*1-4-10-16(11-5-1)19(17-12-6-2-7-13-17)18-14-8-3-9-15-18;1-17-14(16)12-8-5-9-15-13(12)10-11-6-3-2-4-7-11;1-11-7(10)5-3-2-4-9-6(5)8;1-7-5-3-2-4-6-7;;;;;/h2*1-15H;2-9H,10H2,1H3;2-4H,1H3;2-6H,1H2;3*1H;;/q;;;;-1;;;;2*+2/p-3. The molecule has 0 spiro atoms. The van der Waals surface area contributed by atoms with Crippen LogP contribution in [0.15, 0.2) is 279 Å². The van der Waals surface area contributed by atoms with Crippen LogP contribution in [-0.2, 0) is 44.9 Å². The number of hydrogen-bond acceptors (Lipinski definition) is 6. The summed E-state index contributed by atoms with van der Waals surface area (Å²) >= 11 is 10.4. The second-order valence-corrected chi connectivity index (χ2v) is 22.1. The molecular formula is C64H56BrCl3N2NiO4P2Zn. The summed E-state index contributed by atoms with van der Waals surface area (Å²) in [5.41, 5.74) is 3.75. The van der Waals surface area contributed by atoms with Crippen molar-refractivity contribution in [3.05, 3.63) is 319 Å². The molecule has 0 fully saturated rings. The molecule has 0 atom stereocenters. The summed E-state index contributed by atoms with van der Waals surface area (Å²) in [5, 5.41) is 8.55. The van der Waals surface area contributed by atoms with E-state index < -0.39 is 21.8 Å². The van der Waals surface area contributed by atoms with Gasteiger partial charge < -0.3 is 9.47 Å². The fourth-order valence-electron chi connectivity index (χ4n) is 7.15. The van der Waals surface area contributed by atoms with Gasteiger partial charge in [0.25, 0.3) is 0 Å². The average Bonchev–Trinajstić information content (AvgIpc) is 3.52. The van der Waals surface area contributed by atoms with E-state index in [1.54, 1.807) is 30.5 Å². The van der Waals surface area contributed by atoms with Gasteiger partial charge in [0.1, 0.15) is 5.15 Å². The number of carbonyl (C=O) groups is 2. The Bertz CT molecular complexity index is 2850. The average molecular weight is 1290 g/mol. The van der Waals surface area contributed by atoms with E-state index in [4.69, 9.17) is 36.7 Å². The zero-order valence-electron chi connectivity index (χ0n) is 42.9. The van der Waals surface area contributed by atoms with Crippen LogP contribution in [0.5, 0.6) is 0 Å². The number of hydrogen-bond donors (Lipinski definition) is 0. The molecule has 6 nitrogen and oxygen atoms in total. The van der Waals surface area contributed by atoms with Crippen LogP contribution in [-0.4, -0.2) is 36.1 Å². The molecule has 0 N–H and O–H groups in total. The van der Waals surface area contributed by atoms with Crippen LogP contribution in [0.2, 0.25) is 5.15 Å². The van der Waals surface area contributed by atoms with Crippen molar-refractivity contribution < 1.29 is 48.1 Å². The monoisotopic (exact) mass is 1280 g/mol. The molecule has 2 heterocycles. The molecule has 0 saturated carbocycles. The molecule has 0 bridgehead atoms. The number of halogens is 4. The third-order valence-corrected chi connectivity index (χ3v) is 15.8. The van der Waals surface area contributed by atoms with Gasteiger partial charge in [0, 0.05) is 18.8 Å². The van der Waals surface area contributed by atoms with Gasteiger partial charge in [-0.05, 0) is 77.5 Å². The number of nitrogens with zero attached hydrogens (tertiary/aromatic N) is 2. The number of benzene rings is 8. The van der Waals surface area contributed by atoms with Gasteiger partial charge in [-0.3, -0.25) is 4.98 Å². The maximum atomic E-state index is 11.6. The Morgan fingerprint density at radius 3 is 1.00 bits per heavy atom. The second-order valence-electron chi connectivity index (χ2n) is 15.7. The summed E-state index contributed by atoms with van der Waals surface area (Å²) in [7, 11) is 11.2. The molecule has 78 heavy (non-hydrogen) atoms. The molecule has 0 aliphatic heterocycles. The molecule has 0 unspecified atom stereocenters. The van der Waals surface area contributed by atoms with Crippen LogP contribution in [0.25, 0.3) is 0 Å². The predicted molar refractivity (Wildman–Crippen MR) is 327 cm³/mol. The predicted octanol–water partition coefficient (Wildman–Crippen LogP) is 15.0. The quantitative estimate of drug-likeness (QED) is 0.0446. The van der Waals surface area contributed by atoms with Crippen molar-refractivity contribution >= 4 is 105 Å². The molecule has 8 aromatic carbocycles. The molecule has 0 aliphatic rings. The van der Waals surface area contributed by atoms with Crippen molar-refractivity contribution in [2.24, 2.45) is 0 Å². The topological polar surface area (TPSA) is 78.4 Å². The zero-order valence-corrected chi connectivity index (χ0v) is 52.5. The maximum absolute atomic E-state index is 11.6. The smallest absolute Gasteiger partial charge is 0.0134 e. The zero-order chi connectivity index (χ0) is 56.0. The molecule has 10 rings (SSSR count). The summed E-state index contributed by atoms with van der Waals surface area (Å²) in [4.78, 5) is 30.4. The number of pyridine rings is 2. The molecular weight excluding hydrogens is 1230 g/mol. The summed E-state index contributed by atoms with van der Waals surface area (Å²) in [6.45, 7) is 3.72.